The van der Waals surface area contributed by atoms with Gasteiger partial charge in [0.05, 0.1) is 14.2 Å². The van der Waals surface area contributed by atoms with Gasteiger partial charge < -0.3 is 14.6 Å². The molecule has 0 aliphatic heterocycles. The number of nitrogens with one attached hydrogen (secondary N) is 2. The molecule has 0 unspecified atom stereocenters. The SMILES string of the molecule is CCCc1[nH][nH]c(=O)c1CCc1ccc(OC)cc1OC. The molecule has 1 heterocycles. The van der Waals surface area contributed by atoms with E-state index < -0.39 is 0 Å². The standard InChI is InChI=1S/C16H22N2O3/c1-4-5-14-13(16(19)18-17-14)9-7-11-6-8-12(20-2)10-15(11)21-3/h6,8,10H,4-5,7,9H2,1-3H3,(H2,17,18,19). The molecule has 1 aromatic carbocycles. The van der Waals surface area contributed by atoms with Crippen molar-refractivity contribution in [1.82, 2.24) is 10.2 Å². The second-order valence-electron chi connectivity index (χ2n) is 4.96. The number of rotatable bonds is 7. The first-order chi connectivity index (χ1) is 10.2. The zero-order valence-electron chi connectivity index (χ0n) is 12.8. The molecule has 114 valence electrons. The van der Waals surface area contributed by atoms with E-state index in [2.05, 4.69) is 17.1 Å². The molecule has 21 heavy (non-hydrogen) atoms. The number of methoxy groups -OCH3 is 2. The van der Waals surface area contributed by atoms with Gasteiger partial charge in [-0.1, -0.05) is 19.4 Å². The molecule has 2 aromatic rings. The quantitative estimate of drug-likeness (QED) is 0.823. The van der Waals surface area contributed by atoms with Crippen molar-refractivity contribution < 1.29 is 9.47 Å². The lowest BCUT2D eigenvalue weighted by Gasteiger charge is -2.10. The molecule has 0 atom stereocenters. The number of benzene rings is 1. The predicted octanol–water partition coefficient (Wildman–Crippen LogP) is 2.46. The highest BCUT2D eigenvalue weighted by Gasteiger charge is 2.11. The van der Waals surface area contributed by atoms with E-state index in [0.717, 1.165) is 47.6 Å². The fourth-order valence-corrected chi connectivity index (χ4v) is 2.47. The third-order valence-electron chi connectivity index (χ3n) is 3.60. The van der Waals surface area contributed by atoms with E-state index in [9.17, 15) is 4.79 Å². The topological polar surface area (TPSA) is 67.1 Å². The van der Waals surface area contributed by atoms with Gasteiger partial charge in [-0.2, -0.15) is 0 Å². The van der Waals surface area contributed by atoms with Crippen molar-refractivity contribution in [3.63, 3.8) is 0 Å². The lowest BCUT2D eigenvalue weighted by molar-refractivity contribution is 0.391. The largest absolute Gasteiger partial charge is 0.497 e. The summed E-state index contributed by atoms with van der Waals surface area (Å²) in [5, 5.41) is 5.64. The molecule has 0 fully saturated rings. The zero-order chi connectivity index (χ0) is 15.2. The van der Waals surface area contributed by atoms with Crippen LogP contribution in [-0.4, -0.2) is 24.4 Å². The monoisotopic (exact) mass is 290 g/mol. The van der Waals surface area contributed by atoms with E-state index in [4.69, 9.17) is 9.47 Å². The van der Waals surface area contributed by atoms with Crippen LogP contribution in [0.4, 0.5) is 0 Å². The van der Waals surface area contributed by atoms with Crippen LogP contribution in [0.5, 0.6) is 11.5 Å². The van der Waals surface area contributed by atoms with E-state index in [1.54, 1.807) is 14.2 Å². The Morgan fingerprint density at radius 3 is 2.52 bits per heavy atom. The Labute approximate surface area is 124 Å². The third-order valence-corrected chi connectivity index (χ3v) is 3.60. The highest BCUT2D eigenvalue weighted by molar-refractivity contribution is 5.41. The lowest BCUT2D eigenvalue weighted by Crippen LogP contribution is -2.09. The fraction of sp³-hybridized carbons (Fsp3) is 0.438. The molecule has 5 nitrogen and oxygen atoms in total. The van der Waals surface area contributed by atoms with Crippen LogP contribution in [0, 0.1) is 0 Å². The minimum atomic E-state index is -0.0223. The van der Waals surface area contributed by atoms with E-state index in [1.165, 1.54) is 0 Å². The van der Waals surface area contributed by atoms with Gasteiger partial charge in [-0.15, -0.1) is 0 Å². The maximum Gasteiger partial charge on any atom is 0.267 e. The van der Waals surface area contributed by atoms with Gasteiger partial charge in [-0.05, 0) is 30.9 Å². The Morgan fingerprint density at radius 2 is 1.86 bits per heavy atom. The number of aromatic amines is 2. The van der Waals surface area contributed by atoms with E-state index in [-0.39, 0.29) is 5.56 Å². The van der Waals surface area contributed by atoms with Crippen molar-refractivity contribution >= 4 is 0 Å². The highest BCUT2D eigenvalue weighted by Crippen LogP contribution is 2.25. The number of hydrogen-bond donors (Lipinski definition) is 2. The number of aromatic nitrogens is 2. The zero-order valence-corrected chi connectivity index (χ0v) is 12.8. The maximum absolute atomic E-state index is 11.9. The first-order valence-electron chi connectivity index (χ1n) is 7.18. The molecule has 0 spiro atoms. The second-order valence-corrected chi connectivity index (χ2v) is 4.96. The van der Waals surface area contributed by atoms with Crippen LogP contribution in [0.25, 0.3) is 0 Å². The van der Waals surface area contributed by atoms with Crippen LogP contribution in [0.1, 0.15) is 30.2 Å². The minimum absolute atomic E-state index is 0.0223. The average Bonchev–Trinajstić information content (AvgIpc) is 2.85. The smallest absolute Gasteiger partial charge is 0.267 e. The van der Waals surface area contributed by atoms with Crippen LogP contribution in [-0.2, 0) is 19.3 Å². The Bertz CT molecular complexity index is 643. The Kier molecular flexibility index (Phi) is 5.09. The molecule has 0 bridgehead atoms. The first kappa shape index (κ1) is 15.2. The summed E-state index contributed by atoms with van der Waals surface area (Å²) in [4.78, 5) is 11.9. The molecule has 0 aliphatic rings. The van der Waals surface area contributed by atoms with Crippen LogP contribution < -0.4 is 15.0 Å². The summed E-state index contributed by atoms with van der Waals surface area (Å²) in [5.74, 6) is 1.56. The molecule has 1 aromatic heterocycles. The van der Waals surface area contributed by atoms with Crippen LogP contribution in [0.3, 0.4) is 0 Å². The highest BCUT2D eigenvalue weighted by atomic mass is 16.5. The predicted molar refractivity (Wildman–Crippen MR) is 82.4 cm³/mol. The van der Waals surface area contributed by atoms with E-state index >= 15 is 0 Å². The first-order valence-corrected chi connectivity index (χ1v) is 7.18. The van der Waals surface area contributed by atoms with Crippen LogP contribution in [0.15, 0.2) is 23.0 Å². The molecule has 0 radical (unpaired) electrons. The lowest BCUT2D eigenvalue weighted by atomic mass is 10.0. The van der Waals surface area contributed by atoms with Crippen molar-refractivity contribution in [3.8, 4) is 11.5 Å². The van der Waals surface area contributed by atoms with Gasteiger partial charge in [0.2, 0.25) is 0 Å². The molecule has 0 saturated carbocycles. The minimum Gasteiger partial charge on any atom is -0.497 e. The van der Waals surface area contributed by atoms with Crippen molar-refractivity contribution in [2.75, 3.05) is 14.2 Å². The summed E-state index contributed by atoms with van der Waals surface area (Å²) in [6.07, 6.45) is 3.34. The molecule has 2 N–H and O–H groups in total. The van der Waals surface area contributed by atoms with E-state index in [1.807, 2.05) is 18.2 Å². The number of aryl methyl sites for hydroxylation is 2. The summed E-state index contributed by atoms with van der Waals surface area (Å²) in [7, 11) is 3.27. The van der Waals surface area contributed by atoms with Crippen molar-refractivity contribution in [3.05, 3.63) is 45.4 Å². The number of H-pyrrole nitrogens is 2. The Morgan fingerprint density at radius 1 is 1.05 bits per heavy atom. The molecule has 5 heteroatoms. The Hall–Kier alpha value is -2.17. The van der Waals surface area contributed by atoms with Crippen LogP contribution in [0.2, 0.25) is 0 Å². The third kappa shape index (κ3) is 3.48. The molecule has 0 saturated heterocycles. The maximum atomic E-state index is 11.9. The van der Waals surface area contributed by atoms with Gasteiger partial charge in [-0.25, -0.2) is 0 Å². The van der Waals surface area contributed by atoms with Crippen LogP contribution >= 0.6 is 0 Å². The van der Waals surface area contributed by atoms with Crippen molar-refractivity contribution in [2.24, 2.45) is 0 Å². The summed E-state index contributed by atoms with van der Waals surface area (Å²) in [6.45, 7) is 2.10. The van der Waals surface area contributed by atoms with Gasteiger partial charge in [0, 0.05) is 17.3 Å². The number of hydrogen-bond acceptors (Lipinski definition) is 3. The van der Waals surface area contributed by atoms with Gasteiger partial charge in [-0.3, -0.25) is 9.89 Å². The Balaban J connectivity index is 2.16. The van der Waals surface area contributed by atoms with Gasteiger partial charge in [0.1, 0.15) is 11.5 Å². The summed E-state index contributed by atoms with van der Waals surface area (Å²) in [5.41, 5.74) is 2.90. The molecule has 2 rings (SSSR count). The average molecular weight is 290 g/mol. The summed E-state index contributed by atoms with van der Waals surface area (Å²) < 4.78 is 10.6. The van der Waals surface area contributed by atoms with Crippen molar-refractivity contribution in [2.45, 2.75) is 32.6 Å². The van der Waals surface area contributed by atoms with Crippen molar-refractivity contribution in [1.29, 1.82) is 0 Å². The molecular weight excluding hydrogens is 268 g/mol. The van der Waals surface area contributed by atoms with Gasteiger partial charge in [0.25, 0.3) is 5.56 Å². The summed E-state index contributed by atoms with van der Waals surface area (Å²) in [6, 6.07) is 5.76. The van der Waals surface area contributed by atoms with Gasteiger partial charge >= 0.3 is 0 Å². The second kappa shape index (κ2) is 7.02. The summed E-state index contributed by atoms with van der Waals surface area (Å²) >= 11 is 0. The molecule has 0 aliphatic carbocycles. The number of ether oxygens (including phenoxy) is 2. The van der Waals surface area contributed by atoms with Gasteiger partial charge in [0.15, 0.2) is 0 Å². The fourth-order valence-electron chi connectivity index (χ4n) is 2.47. The molecule has 0 amide bonds. The molecular formula is C16H22N2O3. The van der Waals surface area contributed by atoms with E-state index in [0.29, 0.717) is 6.42 Å². The normalized spacial score (nSPS) is 10.6.